The van der Waals surface area contributed by atoms with Crippen LogP contribution in [0.15, 0.2) is 48.5 Å². The molecule has 5 heteroatoms. The number of methoxy groups -OCH3 is 1. The lowest BCUT2D eigenvalue weighted by Gasteiger charge is -2.52. The molecule has 0 aromatic heterocycles. The van der Waals surface area contributed by atoms with E-state index in [0.29, 0.717) is 0 Å². The number of hydrogen-bond donors (Lipinski definition) is 1. The fourth-order valence-electron chi connectivity index (χ4n) is 4.73. The van der Waals surface area contributed by atoms with Crippen LogP contribution in [-0.4, -0.2) is 41.7 Å². The fourth-order valence-corrected chi connectivity index (χ4v) is 4.73. The normalized spacial score (nSPS) is 22.7. The van der Waals surface area contributed by atoms with Gasteiger partial charge in [-0.05, 0) is 48.7 Å². The van der Waals surface area contributed by atoms with Gasteiger partial charge in [-0.15, -0.1) is 0 Å². The Morgan fingerprint density at radius 2 is 1.84 bits per heavy atom. The van der Waals surface area contributed by atoms with Gasteiger partial charge >= 0.3 is 0 Å². The SMILES string of the molecule is COc1cccc(C#Cc2ccc([C@H]3[C@@H](C#N)N(C(=O)C4CCCC4)[C@@H]3CO)cc2)c1. The molecule has 1 saturated carbocycles. The Balaban J connectivity index is 1.50. The van der Waals surface area contributed by atoms with Gasteiger partial charge < -0.3 is 14.7 Å². The average molecular weight is 415 g/mol. The van der Waals surface area contributed by atoms with E-state index in [0.717, 1.165) is 48.1 Å². The number of carbonyl (C=O) groups excluding carboxylic acids is 1. The second kappa shape index (κ2) is 9.25. The van der Waals surface area contributed by atoms with Crippen LogP contribution < -0.4 is 4.74 Å². The maximum Gasteiger partial charge on any atom is 0.227 e. The predicted octanol–water partition coefficient (Wildman–Crippen LogP) is 3.46. The third-order valence-corrected chi connectivity index (χ3v) is 6.41. The molecule has 1 N–H and O–H groups in total. The number of benzene rings is 2. The van der Waals surface area contributed by atoms with Crippen molar-refractivity contribution in [3.05, 3.63) is 65.2 Å². The Kier molecular flexibility index (Phi) is 6.26. The molecule has 1 heterocycles. The number of amides is 1. The summed E-state index contributed by atoms with van der Waals surface area (Å²) in [6.07, 6.45) is 3.90. The molecule has 4 rings (SSSR count). The summed E-state index contributed by atoms with van der Waals surface area (Å²) in [7, 11) is 1.63. The molecule has 2 fully saturated rings. The largest absolute Gasteiger partial charge is 0.497 e. The highest BCUT2D eigenvalue weighted by atomic mass is 16.5. The lowest BCUT2D eigenvalue weighted by atomic mass is 9.75. The van der Waals surface area contributed by atoms with Gasteiger partial charge in [0.2, 0.25) is 5.91 Å². The van der Waals surface area contributed by atoms with Crippen LogP contribution >= 0.6 is 0 Å². The summed E-state index contributed by atoms with van der Waals surface area (Å²) in [5.41, 5.74) is 2.68. The van der Waals surface area contributed by atoms with Gasteiger partial charge in [-0.25, -0.2) is 0 Å². The minimum absolute atomic E-state index is 0.000103. The summed E-state index contributed by atoms with van der Waals surface area (Å²) in [6.45, 7) is -0.140. The van der Waals surface area contributed by atoms with Gasteiger partial charge in [-0.3, -0.25) is 4.79 Å². The molecule has 0 unspecified atom stereocenters. The van der Waals surface area contributed by atoms with Crippen molar-refractivity contribution in [1.29, 1.82) is 5.26 Å². The van der Waals surface area contributed by atoms with Gasteiger partial charge in [0.15, 0.2) is 0 Å². The molecule has 2 aromatic rings. The van der Waals surface area contributed by atoms with Crippen molar-refractivity contribution < 1.29 is 14.6 Å². The van der Waals surface area contributed by atoms with Gasteiger partial charge in [0.25, 0.3) is 0 Å². The lowest BCUT2D eigenvalue weighted by molar-refractivity contribution is -0.151. The zero-order valence-electron chi connectivity index (χ0n) is 17.6. The molecule has 2 aliphatic rings. The van der Waals surface area contributed by atoms with Gasteiger partial charge in [0.05, 0.1) is 25.8 Å². The van der Waals surface area contributed by atoms with E-state index in [2.05, 4.69) is 17.9 Å². The van der Waals surface area contributed by atoms with Crippen LogP contribution in [0.2, 0.25) is 0 Å². The molecular formula is C26H26N2O3. The second-order valence-electron chi connectivity index (χ2n) is 8.18. The first kappa shape index (κ1) is 21.0. The van der Waals surface area contributed by atoms with E-state index in [-0.39, 0.29) is 30.4 Å². The van der Waals surface area contributed by atoms with E-state index in [1.165, 1.54) is 0 Å². The van der Waals surface area contributed by atoms with Crippen molar-refractivity contribution in [1.82, 2.24) is 4.90 Å². The fraction of sp³-hybridized carbons (Fsp3) is 0.385. The first-order valence-electron chi connectivity index (χ1n) is 10.7. The highest BCUT2D eigenvalue weighted by Crippen LogP contribution is 2.42. The van der Waals surface area contributed by atoms with Crippen LogP contribution in [0.25, 0.3) is 0 Å². The van der Waals surface area contributed by atoms with E-state index in [4.69, 9.17) is 4.74 Å². The summed E-state index contributed by atoms with van der Waals surface area (Å²) in [4.78, 5) is 14.5. The van der Waals surface area contributed by atoms with Gasteiger partial charge in [-0.1, -0.05) is 42.9 Å². The quantitative estimate of drug-likeness (QED) is 0.778. The second-order valence-corrected chi connectivity index (χ2v) is 8.18. The minimum Gasteiger partial charge on any atom is -0.497 e. The monoisotopic (exact) mass is 414 g/mol. The molecule has 158 valence electrons. The first-order valence-corrected chi connectivity index (χ1v) is 10.7. The molecule has 0 radical (unpaired) electrons. The Morgan fingerprint density at radius 3 is 2.48 bits per heavy atom. The van der Waals surface area contributed by atoms with Crippen molar-refractivity contribution in [3.8, 4) is 23.7 Å². The number of likely N-dealkylation sites (tertiary alicyclic amines) is 1. The standard InChI is InChI=1S/C26H26N2O3/c1-31-22-8-4-5-19(15-22)10-9-18-11-13-20(14-12-18)25-23(16-27)28(24(25)17-29)26(30)21-6-2-3-7-21/h4-5,8,11-15,21,23-25,29H,2-3,6-7,17H2,1H3/t23-,24-,25+/m1/s1. The summed E-state index contributed by atoms with van der Waals surface area (Å²) in [6, 6.07) is 16.8. The van der Waals surface area contributed by atoms with Crippen LogP contribution in [0.4, 0.5) is 0 Å². The number of nitrogens with zero attached hydrogens (tertiary/aromatic N) is 2. The zero-order valence-corrected chi connectivity index (χ0v) is 17.6. The molecule has 1 saturated heterocycles. The van der Waals surface area contributed by atoms with Crippen molar-refractivity contribution >= 4 is 5.91 Å². The highest BCUT2D eigenvalue weighted by Gasteiger charge is 2.52. The third kappa shape index (κ3) is 4.15. The Labute approximate surface area is 183 Å². The van der Waals surface area contributed by atoms with Gasteiger partial charge in [-0.2, -0.15) is 5.26 Å². The maximum absolute atomic E-state index is 12.9. The van der Waals surface area contributed by atoms with Crippen molar-refractivity contribution in [2.24, 2.45) is 5.92 Å². The average Bonchev–Trinajstić information content (AvgIpc) is 3.34. The topological polar surface area (TPSA) is 73.6 Å². The first-order chi connectivity index (χ1) is 15.2. The molecule has 1 aliphatic heterocycles. The molecule has 3 atom stereocenters. The predicted molar refractivity (Wildman–Crippen MR) is 117 cm³/mol. The summed E-state index contributed by atoms with van der Waals surface area (Å²) < 4.78 is 5.22. The Bertz CT molecular complexity index is 1040. The van der Waals surface area contributed by atoms with E-state index >= 15 is 0 Å². The summed E-state index contributed by atoms with van der Waals surface area (Å²) in [5, 5.41) is 19.7. The summed E-state index contributed by atoms with van der Waals surface area (Å²) >= 11 is 0. The Morgan fingerprint density at radius 1 is 1.13 bits per heavy atom. The zero-order chi connectivity index (χ0) is 21.8. The summed E-state index contributed by atoms with van der Waals surface area (Å²) in [5.74, 6) is 6.89. The van der Waals surface area contributed by atoms with E-state index in [9.17, 15) is 15.2 Å². The van der Waals surface area contributed by atoms with Crippen LogP contribution in [0.1, 0.15) is 48.3 Å². The van der Waals surface area contributed by atoms with Crippen molar-refractivity contribution in [2.75, 3.05) is 13.7 Å². The highest BCUT2D eigenvalue weighted by molar-refractivity contribution is 5.82. The molecule has 0 spiro atoms. The van der Waals surface area contributed by atoms with Gasteiger partial charge in [0.1, 0.15) is 11.8 Å². The number of aliphatic hydroxyl groups excluding tert-OH is 1. The molecular weight excluding hydrogens is 388 g/mol. The van der Waals surface area contributed by atoms with Crippen LogP contribution in [0, 0.1) is 29.1 Å². The van der Waals surface area contributed by atoms with Crippen LogP contribution in [0.5, 0.6) is 5.75 Å². The molecule has 1 amide bonds. The molecule has 0 bridgehead atoms. The number of nitriles is 1. The van der Waals surface area contributed by atoms with Crippen LogP contribution in [0.3, 0.4) is 0 Å². The lowest BCUT2D eigenvalue weighted by Crippen LogP contribution is -2.66. The molecule has 31 heavy (non-hydrogen) atoms. The number of carbonyl (C=O) groups is 1. The van der Waals surface area contributed by atoms with E-state index < -0.39 is 6.04 Å². The molecule has 2 aromatic carbocycles. The number of aliphatic hydroxyl groups is 1. The van der Waals surface area contributed by atoms with Gasteiger partial charge in [0, 0.05) is 23.0 Å². The minimum atomic E-state index is -0.529. The number of rotatable bonds is 4. The van der Waals surface area contributed by atoms with Crippen molar-refractivity contribution in [2.45, 2.75) is 43.7 Å². The maximum atomic E-state index is 12.9. The molecule has 5 nitrogen and oxygen atoms in total. The molecule has 1 aliphatic carbocycles. The number of hydrogen-bond acceptors (Lipinski definition) is 4. The smallest absolute Gasteiger partial charge is 0.227 e. The third-order valence-electron chi connectivity index (χ3n) is 6.41. The van der Waals surface area contributed by atoms with Crippen molar-refractivity contribution in [3.63, 3.8) is 0 Å². The van der Waals surface area contributed by atoms with E-state index in [1.54, 1.807) is 12.0 Å². The van der Waals surface area contributed by atoms with E-state index in [1.807, 2.05) is 48.5 Å². The van der Waals surface area contributed by atoms with Crippen LogP contribution in [-0.2, 0) is 4.79 Å². The number of ether oxygens (including phenoxy) is 1. The Hall–Kier alpha value is -3.28.